The molecule has 0 bridgehead atoms. The van der Waals surface area contributed by atoms with Crippen LogP contribution >= 0.6 is 7.75 Å². The van der Waals surface area contributed by atoms with E-state index in [0.29, 0.717) is 19.7 Å². The van der Waals surface area contributed by atoms with Gasteiger partial charge in [0.1, 0.15) is 0 Å². The lowest BCUT2D eigenvalue weighted by Gasteiger charge is -2.17. The summed E-state index contributed by atoms with van der Waals surface area (Å²) in [4.78, 5) is 0. The molecule has 2 N–H and O–H groups in total. The molecule has 0 aliphatic carbocycles. The summed E-state index contributed by atoms with van der Waals surface area (Å²) >= 11 is 0. The molecule has 1 atom stereocenters. The topological polar surface area (TPSA) is 59.6 Å². The summed E-state index contributed by atoms with van der Waals surface area (Å²) in [6.45, 7) is 3.97. The second kappa shape index (κ2) is 21.5. The molecule has 0 aromatic rings. The van der Waals surface area contributed by atoms with Crippen LogP contribution in [0.15, 0.2) is 12.2 Å². The van der Waals surface area contributed by atoms with Gasteiger partial charge in [-0.3, -0.25) is 4.52 Å². The van der Waals surface area contributed by atoms with Crippen molar-refractivity contribution < 1.29 is 13.6 Å². The van der Waals surface area contributed by atoms with E-state index in [-0.39, 0.29) is 0 Å². The first-order valence-corrected chi connectivity index (χ1v) is 13.1. The Kier molecular flexibility index (Phi) is 21.4. The molecule has 168 valence electrons. The number of likely N-dealkylation sites (N-methyl/N-ethyl adjacent to an activating group) is 1. The number of allylic oxidation sites excluding steroid dienone is 2. The van der Waals surface area contributed by atoms with Crippen molar-refractivity contribution >= 4 is 7.75 Å². The van der Waals surface area contributed by atoms with E-state index in [2.05, 4.69) is 29.5 Å². The second-order valence-electron chi connectivity index (χ2n) is 7.46. The van der Waals surface area contributed by atoms with Crippen LogP contribution in [0.3, 0.4) is 0 Å². The first kappa shape index (κ1) is 27.8. The summed E-state index contributed by atoms with van der Waals surface area (Å²) in [7, 11) is 0.143. The van der Waals surface area contributed by atoms with Gasteiger partial charge in [-0.25, -0.2) is 9.65 Å². The van der Waals surface area contributed by atoms with Gasteiger partial charge in [-0.15, -0.1) is 0 Å². The van der Waals surface area contributed by atoms with Crippen molar-refractivity contribution in [3.05, 3.63) is 12.2 Å². The van der Waals surface area contributed by atoms with Gasteiger partial charge in [-0.05, 0) is 39.2 Å². The summed E-state index contributed by atoms with van der Waals surface area (Å²) in [5, 5.41) is 5.88. The third-order valence-electron chi connectivity index (χ3n) is 4.85. The molecule has 6 heteroatoms. The fraction of sp³-hybridized carbons (Fsp3) is 0.909. The Morgan fingerprint density at radius 2 is 1.32 bits per heavy atom. The van der Waals surface area contributed by atoms with E-state index in [1.807, 2.05) is 7.05 Å². The van der Waals surface area contributed by atoms with Gasteiger partial charge >= 0.3 is 7.75 Å². The van der Waals surface area contributed by atoms with E-state index in [9.17, 15) is 4.57 Å². The van der Waals surface area contributed by atoms with Crippen LogP contribution in [-0.4, -0.2) is 33.9 Å². The average molecular weight is 419 g/mol. The van der Waals surface area contributed by atoms with Crippen LogP contribution in [0.4, 0.5) is 0 Å². The Morgan fingerprint density at radius 3 is 1.86 bits per heavy atom. The van der Waals surface area contributed by atoms with Crippen molar-refractivity contribution in [3.8, 4) is 0 Å². The molecule has 0 aliphatic heterocycles. The fourth-order valence-corrected chi connectivity index (χ4v) is 4.11. The zero-order chi connectivity index (χ0) is 20.8. The van der Waals surface area contributed by atoms with Gasteiger partial charge in [0.15, 0.2) is 0 Å². The molecule has 0 rings (SSSR count). The zero-order valence-electron chi connectivity index (χ0n) is 18.8. The Morgan fingerprint density at radius 1 is 0.786 bits per heavy atom. The second-order valence-corrected chi connectivity index (χ2v) is 9.40. The Hall–Kier alpha value is -0.190. The molecule has 1 unspecified atom stereocenters. The minimum Gasteiger partial charge on any atom is -0.317 e. The Bertz CT molecular complexity index is 392. The SMILES string of the molecule is CCCCCCCC/C=C\CCCCCCCCNP(=O)(OC)OCCNC. The smallest absolute Gasteiger partial charge is 0.317 e. The van der Waals surface area contributed by atoms with E-state index in [1.54, 1.807) is 0 Å². The highest BCUT2D eigenvalue weighted by Gasteiger charge is 2.21. The van der Waals surface area contributed by atoms with Crippen molar-refractivity contribution in [1.29, 1.82) is 0 Å². The quantitative estimate of drug-likeness (QED) is 0.118. The molecule has 0 aliphatic rings. The summed E-state index contributed by atoms with van der Waals surface area (Å²) < 4.78 is 22.5. The average Bonchev–Trinajstić information content (AvgIpc) is 2.70. The molecule has 0 amide bonds. The van der Waals surface area contributed by atoms with Gasteiger partial charge in [0.25, 0.3) is 0 Å². The molecular weight excluding hydrogens is 371 g/mol. The molecule has 0 spiro atoms. The normalized spacial score (nSPS) is 14.0. The van der Waals surface area contributed by atoms with Crippen molar-refractivity contribution in [2.75, 3.05) is 33.9 Å². The standard InChI is InChI=1S/C22H47N2O3P/c1-4-5-6-7-8-9-10-11-12-13-14-15-16-17-18-19-20-24-28(25,26-3)27-22-21-23-2/h11-12,23H,4-10,13-22H2,1-3H3,(H,24,25)/b12-11-. The maximum atomic E-state index is 12.2. The molecule has 5 nitrogen and oxygen atoms in total. The van der Waals surface area contributed by atoms with Crippen LogP contribution in [0.5, 0.6) is 0 Å². The maximum absolute atomic E-state index is 12.2. The fourth-order valence-electron chi connectivity index (χ4n) is 3.02. The van der Waals surface area contributed by atoms with E-state index >= 15 is 0 Å². The molecule has 0 fully saturated rings. The van der Waals surface area contributed by atoms with E-state index in [4.69, 9.17) is 9.05 Å². The van der Waals surface area contributed by atoms with Gasteiger partial charge in [0, 0.05) is 20.2 Å². The van der Waals surface area contributed by atoms with Gasteiger partial charge in [-0.1, -0.05) is 76.9 Å². The molecule has 0 aromatic heterocycles. The van der Waals surface area contributed by atoms with Crippen LogP contribution in [0, 0.1) is 0 Å². The number of hydrogen-bond donors (Lipinski definition) is 2. The van der Waals surface area contributed by atoms with Crippen LogP contribution in [0.25, 0.3) is 0 Å². The van der Waals surface area contributed by atoms with E-state index in [0.717, 1.165) is 12.8 Å². The lowest BCUT2D eigenvalue weighted by Crippen LogP contribution is -2.19. The molecule has 0 heterocycles. The minimum absolute atomic E-state index is 0.377. The summed E-state index contributed by atoms with van der Waals surface area (Å²) in [6.07, 6.45) is 22.8. The zero-order valence-corrected chi connectivity index (χ0v) is 19.7. The van der Waals surface area contributed by atoms with Crippen molar-refractivity contribution in [2.45, 2.75) is 96.8 Å². The van der Waals surface area contributed by atoms with E-state index in [1.165, 1.54) is 84.2 Å². The van der Waals surface area contributed by atoms with Crippen molar-refractivity contribution in [1.82, 2.24) is 10.4 Å². The predicted octanol–water partition coefficient (Wildman–Crippen LogP) is 6.60. The third kappa shape index (κ3) is 19.1. The lowest BCUT2D eigenvalue weighted by atomic mass is 10.1. The van der Waals surface area contributed by atoms with Crippen LogP contribution in [0.2, 0.25) is 0 Å². The minimum atomic E-state index is -3.12. The highest BCUT2D eigenvalue weighted by atomic mass is 31.2. The summed E-state index contributed by atoms with van der Waals surface area (Å²) in [5.74, 6) is 0. The van der Waals surface area contributed by atoms with Gasteiger partial charge < -0.3 is 9.84 Å². The molecule has 0 saturated heterocycles. The maximum Gasteiger partial charge on any atom is 0.405 e. The molecule has 0 radical (unpaired) electrons. The molecule has 28 heavy (non-hydrogen) atoms. The van der Waals surface area contributed by atoms with Crippen molar-refractivity contribution in [3.63, 3.8) is 0 Å². The summed E-state index contributed by atoms with van der Waals surface area (Å²) in [6, 6.07) is 0. The highest BCUT2D eigenvalue weighted by Crippen LogP contribution is 2.42. The third-order valence-corrected chi connectivity index (χ3v) is 6.46. The van der Waals surface area contributed by atoms with Crippen LogP contribution < -0.4 is 10.4 Å². The van der Waals surface area contributed by atoms with Gasteiger partial charge in [0.05, 0.1) is 6.61 Å². The number of rotatable bonds is 22. The molecular formula is C22H47N2O3P. The monoisotopic (exact) mass is 418 g/mol. The highest BCUT2D eigenvalue weighted by molar-refractivity contribution is 7.51. The first-order chi connectivity index (χ1) is 13.7. The van der Waals surface area contributed by atoms with Crippen LogP contribution in [-0.2, 0) is 13.6 Å². The van der Waals surface area contributed by atoms with Crippen molar-refractivity contribution in [2.24, 2.45) is 0 Å². The van der Waals surface area contributed by atoms with Gasteiger partial charge in [-0.2, -0.15) is 0 Å². The number of hydrogen-bond acceptors (Lipinski definition) is 4. The molecule has 0 saturated carbocycles. The van der Waals surface area contributed by atoms with Crippen LogP contribution in [0.1, 0.15) is 96.8 Å². The lowest BCUT2D eigenvalue weighted by molar-refractivity contribution is 0.225. The first-order valence-electron chi connectivity index (χ1n) is 11.5. The largest absolute Gasteiger partial charge is 0.405 e. The number of unbranched alkanes of at least 4 members (excludes halogenated alkanes) is 12. The predicted molar refractivity (Wildman–Crippen MR) is 122 cm³/mol. The summed E-state index contributed by atoms with van der Waals surface area (Å²) in [5.41, 5.74) is 0. The van der Waals surface area contributed by atoms with Gasteiger partial charge in [0.2, 0.25) is 0 Å². The van der Waals surface area contributed by atoms with E-state index < -0.39 is 7.75 Å². The molecule has 0 aromatic carbocycles. The Labute approximate surface area is 175 Å². The number of nitrogens with one attached hydrogen (secondary N) is 2. The Balaban J connectivity index is 3.36.